The van der Waals surface area contributed by atoms with E-state index in [1.165, 1.54) is 17.3 Å². The maximum atomic E-state index is 14.1. The number of carbonyl (C=O) groups is 2. The Labute approximate surface area is 263 Å². The molecule has 0 bridgehead atoms. The van der Waals surface area contributed by atoms with E-state index in [1.807, 2.05) is 37.3 Å². The molecular weight excluding hydrogens is 628 g/mol. The average molecular weight is 665 g/mol. The fourth-order valence-electron chi connectivity index (χ4n) is 4.74. The number of benzene rings is 2. The number of aliphatic carboxylic acids is 1. The third-order valence-electron chi connectivity index (χ3n) is 7.38. The average Bonchev–Trinajstić information content (AvgIpc) is 2.96. The van der Waals surface area contributed by atoms with Gasteiger partial charge >= 0.3 is 5.97 Å². The van der Waals surface area contributed by atoms with E-state index in [1.54, 1.807) is 38.4 Å². The van der Waals surface area contributed by atoms with Gasteiger partial charge in [0.15, 0.2) is 0 Å². The van der Waals surface area contributed by atoms with Crippen LogP contribution in [0.2, 0.25) is 5.02 Å². The van der Waals surface area contributed by atoms with Crippen molar-refractivity contribution in [2.45, 2.75) is 63.3 Å². The van der Waals surface area contributed by atoms with Gasteiger partial charge in [0.05, 0.1) is 4.90 Å². The van der Waals surface area contributed by atoms with Gasteiger partial charge in [-0.3, -0.25) is 9.78 Å². The number of pyridine rings is 1. The topological polar surface area (TPSA) is 163 Å². The van der Waals surface area contributed by atoms with E-state index in [0.717, 1.165) is 23.6 Å². The molecule has 0 aliphatic heterocycles. The van der Waals surface area contributed by atoms with Crippen molar-refractivity contribution < 1.29 is 31.5 Å². The van der Waals surface area contributed by atoms with Gasteiger partial charge in [-0.25, -0.2) is 26.4 Å². The van der Waals surface area contributed by atoms with Gasteiger partial charge in [0.25, 0.3) is 4.87 Å². The Bertz CT molecular complexity index is 1750. The summed E-state index contributed by atoms with van der Waals surface area (Å²) in [6.07, 6.45) is 3.05. The maximum absolute atomic E-state index is 14.1. The molecular formula is C30H37ClN4O7S2. The molecule has 1 aromatic heterocycles. The van der Waals surface area contributed by atoms with E-state index < -0.39 is 42.8 Å². The summed E-state index contributed by atoms with van der Waals surface area (Å²) in [6, 6.07) is 13.3. The molecule has 0 spiro atoms. The van der Waals surface area contributed by atoms with Gasteiger partial charge in [-0.15, -0.1) is 0 Å². The molecule has 0 fully saturated rings. The smallest absolute Gasteiger partial charge is 0.346 e. The minimum absolute atomic E-state index is 0.0117. The second-order valence-electron chi connectivity index (χ2n) is 10.5. The molecule has 0 saturated heterocycles. The van der Waals surface area contributed by atoms with Crippen molar-refractivity contribution >= 4 is 43.5 Å². The van der Waals surface area contributed by atoms with Crippen molar-refractivity contribution in [1.29, 1.82) is 0 Å². The lowest BCUT2D eigenvalue weighted by molar-refractivity contribution is -0.143. The molecule has 0 radical (unpaired) electrons. The second-order valence-corrected chi connectivity index (χ2v) is 14.8. The molecule has 0 saturated carbocycles. The van der Waals surface area contributed by atoms with E-state index >= 15 is 0 Å². The number of nitrogens with one attached hydrogen (secondary N) is 2. The van der Waals surface area contributed by atoms with Crippen molar-refractivity contribution in [2.24, 2.45) is 0 Å². The summed E-state index contributed by atoms with van der Waals surface area (Å²) in [5, 5.41) is 12.0. The van der Waals surface area contributed by atoms with E-state index in [0.29, 0.717) is 11.1 Å². The molecule has 3 aromatic rings. The molecule has 238 valence electrons. The molecule has 44 heavy (non-hydrogen) atoms. The van der Waals surface area contributed by atoms with Crippen molar-refractivity contribution in [3.05, 3.63) is 82.6 Å². The monoisotopic (exact) mass is 664 g/mol. The normalized spacial score (nSPS) is 14.2. The third kappa shape index (κ3) is 7.46. The number of halogens is 1. The first-order chi connectivity index (χ1) is 20.6. The van der Waals surface area contributed by atoms with Gasteiger partial charge in [-0.1, -0.05) is 42.8 Å². The summed E-state index contributed by atoms with van der Waals surface area (Å²) in [4.78, 5) is 26.2. The summed E-state index contributed by atoms with van der Waals surface area (Å²) in [7, 11) is -8.62. The molecule has 0 aliphatic rings. The molecule has 0 aliphatic carbocycles. The summed E-state index contributed by atoms with van der Waals surface area (Å²) >= 11 is 6.27. The number of rotatable bonds is 14. The van der Waals surface area contributed by atoms with Gasteiger partial charge < -0.3 is 10.4 Å². The Hall–Kier alpha value is -3.36. The highest BCUT2D eigenvalue weighted by Gasteiger charge is 2.48. The second kappa shape index (κ2) is 14.2. The zero-order chi connectivity index (χ0) is 32.9. The lowest BCUT2D eigenvalue weighted by Crippen LogP contribution is -2.61. The number of nitrogens with zero attached hydrogens (tertiary/aromatic N) is 2. The number of carboxylic acid groups (broad SMARTS) is 1. The standard InChI is InChI=1S/C30H37ClN4O7S2/c1-6-33-44(41,42)30(5,29(37)38)34-28(36)14-9-17-35(43(39,40)27-13-8-12-26(31)21(27)3)22(4)23-10-7-11-24(18-23)25-15-16-32-19-20(25)2/h7-8,10-13,15-16,18-19,22,33H,6,9,14,17H2,1-5H3,(H,34,36)(H,37,38)/t22?,30-/m0/s1. The third-order valence-corrected chi connectivity index (χ3v) is 11.9. The van der Waals surface area contributed by atoms with Gasteiger partial charge in [-0.2, -0.15) is 4.31 Å². The van der Waals surface area contributed by atoms with Crippen LogP contribution in [-0.2, 0) is 29.6 Å². The maximum Gasteiger partial charge on any atom is 0.346 e. The number of sulfonamides is 2. The van der Waals surface area contributed by atoms with Crippen LogP contribution in [0, 0.1) is 13.8 Å². The van der Waals surface area contributed by atoms with Crippen LogP contribution in [-0.4, -0.2) is 61.1 Å². The number of amides is 1. The lowest BCUT2D eigenvalue weighted by atomic mass is 9.98. The Kier molecular flexibility index (Phi) is 11.3. The largest absolute Gasteiger partial charge is 0.479 e. The molecule has 3 N–H and O–H groups in total. The fourth-order valence-corrected chi connectivity index (χ4v) is 8.02. The minimum Gasteiger partial charge on any atom is -0.479 e. The van der Waals surface area contributed by atoms with Crippen molar-refractivity contribution in [1.82, 2.24) is 19.3 Å². The van der Waals surface area contributed by atoms with E-state index in [4.69, 9.17) is 11.6 Å². The first-order valence-electron chi connectivity index (χ1n) is 13.9. The highest BCUT2D eigenvalue weighted by atomic mass is 35.5. The van der Waals surface area contributed by atoms with Gasteiger partial charge in [0.2, 0.25) is 26.0 Å². The zero-order valence-corrected chi connectivity index (χ0v) is 27.6. The van der Waals surface area contributed by atoms with Gasteiger partial charge in [0, 0.05) is 43.0 Å². The fraction of sp³-hybridized carbons (Fsp3) is 0.367. The van der Waals surface area contributed by atoms with Crippen molar-refractivity contribution in [3.8, 4) is 11.1 Å². The van der Waals surface area contributed by atoms with E-state index in [2.05, 4.69) is 15.0 Å². The van der Waals surface area contributed by atoms with Gasteiger partial charge in [0.1, 0.15) is 0 Å². The summed E-state index contributed by atoms with van der Waals surface area (Å²) in [5.74, 6) is -2.62. The quantitative estimate of drug-likeness (QED) is 0.228. The highest BCUT2D eigenvalue weighted by molar-refractivity contribution is 7.91. The Morgan fingerprint density at radius 1 is 1.09 bits per heavy atom. The molecule has 14 heteroatoms. The zero-order valence-electron chi connectivity index (χ0n) is 25.2. The molecule has 1 amide bonds. The predicted octanol–water partition coefficient (Wildman–Crippen LogP) is 4.41. The summed E-state index contributed by atoms with van der Waals surface area (Å²) < 4.78 is 56.7. The first-order valence-corrected chi connectivity index (χ1v) is 17.2. The number of aromatic nitrogens is 1. The minimum atomic E-state index is -4.46. The Morgan fingerprint density at radius 3 is 2.41 bits per heavy atom. The molecule has 2 atom stereocenters. The molecule has 1 unspecified atom stereocenters. The van der Waals surface area contributed by atoms with E-state index in [9.17, 15) is 31.5 Å². The van der Waals surface area contributed by atoms with Crippen LogP contribution in [0.3, 0.4) is 0 Å². The van der Waals surface area contributed by atoms with E-state index in [-0.39, 0.29) is 35.8 Å². The van der Waals surface area contributed by atoms with Crippen LogP contribution < -0.4 is 10.0 Å². The van der Waals surface area contributed by atoms with Crippen molar-refractivity contribution in [2.75, 3.05) is 13.1 Å². The SMILES string of the molecule is CCNS(=O)(=O)[C@](C)(NC(=O)CCCN(C(C)c1cccc(-c2ccncc2C)c1)S(=O)(=O)c1cccc(Cl)c1C)C(=O)O. The highest BCUT2D eigenvalue weighted by Crippen LogP contribution is 2.33. The molecule has 2 aromatic carbocycles. The van der Waals surface area contributed by atoms with Crippen LogP contribution in [0.4, 0.5) is 0 Å². The van der Waals surface area contributed by atoms with Crippen LogP contribution in [0.25, 0.3) is 11.1 Å². The first kappa shape index (κ1) is 35.1. The number of aryl methyl sites for hydroxylation is 1. The molecule has 3 rings (SSSR count). The number of carbonyl (C=O) groups excluding carboxylic acids is 1. The molecule has 11 nitrogen and oxygen atoms in total. The van der Waals surface area contributed by atoms with Gasteiger partial charge in [-0.05, 0) is 86.2 Å². The number of carboxylic acids is 1. The van der Waals surface area contributed by atoms with Crippen LogP contribution in [0.1, 0.15) is 56.3 Å². The summed E-state index contributed by atoms with van der Waals surface area (Å²) in [5.41, 5.74) is 3.84. The number of hydrogen-bond acceptors (Lipinski definition) is 7. The van der Waals surface area contributed by atoms with Crippen LogP contribution in [0.5, 0.6) is 0 Å². The molecule has 1 heterocycles. The van der Waals surface area contributed by atoms with Crippen LogP contribution in [0.15, 0.2) is 65.8 Å². The summed E-state index contributed by atoms with van der Waals surface area (Å²) in [6.45, 7) is 7.43. The van der Waals surface area contributed by atoms with Crippen molar-refractivity contribution in [3.63, 3.8) is 0 Å². The Morgan fingerprint density at radius 2 is 1.77 bits per heavy atom. The lowest BCUT2D eigenvalue weighted by Gasteiger charge is -2.30. The van der Waals surface area contributed by atoms with Crippen LogP contribution >= 0.6 is 11.6 Å². The Balaban J connectivity index is 1.95. The predicted molar refractivity (Wildman–Crippen MR) is 169 cm³/mol. The number of hydrogen-bond donors (Lipinski definition) is 3.